The van der Waals surface area contributed by atoms with Crippen LogP contribution < -0.4 is 4.74 Å². The van der Waals surface area contributed by atoms with Crippen LogP contribution in [0.5, 0.6) is 5.75 Å². The molecule has 1 aromatic heterocycles. The Hall–Kier alpha value is -1.07. The molecular formula is C9H16N2O3. The molecule has 1 rings (SSSR count). The highest BCUT2D eigenvalue weighted by Crippen LogP contribution is 2.29. The maximum Gasteiger partial charge on any atom is 0.163 e. The average Bonchev–Trinajstić information content (AvgIpc) is 2.47. The largest absolute Gasteiger partial charge is 0.493 e. The Morgan fingerprint density at radius 2 is 2.21 bits per heavy atom. The van der Waals surface area contributed by atoms with E-state index in [0.717, 1.165) is 0 Å². The molecule has 1 aromatic rings. The third kappa shape index (κ3) is 1.88. The smallest absolute Gasteiger partial charge is 0.163 e. The second-order valence-corrected chi connectivity index (χ2v) is 3.39. The van der Waals surface area contributed by atoms with Gasteiger partial charge in [0.25, 0.3) is 0 Å². The van der Waals surface area contributed by atoms with Gasteiger partial charge in [-0.2, -0.15) is 5.10 Å². The van der Waals surface area contributed by atoms with Crippen LogP contribution in [0.1, 0.15) is 12.6 Å². The molecule has 0 saturated carbocycles. The van der Waals surface area contributed by atoms with Gasteiger partial charge in [0, 0.05) is 14.2 Å². The topological polar surface area (TPSA) is 56.5 Å². The standard InChI is InChI=1S/C9H16N2O3/c1-9(12,6-13-3)8-7(14-4)5-10-11(8)2/h5,12H,6H2,1-4H3. The minimum atomic E-state index is -1.09. The van der Waals surface area contributed by atoms with Crippen molar-refractivity contribution < 1.29 is 14.6 Å². The van der Waals surface area contributed by atoms with Crippen molar-refractivity contribution in [2.45, 2.75) is 12.5 Å². The van der Waals surface area contributed by atoms with Crippen molar-refractivity contribution in [2.75, 3.05) is 20.8 Å². The van der Waals surface area contributed by atoms with Crippen LogP contribution >= 0.6 is 0 Å². The highest BCUT2D eigenvalue weighted by Gasteiger charge is 2.30. The summed E-state index contributed by atoms with van der Waals surface area (Å²) in [5, 5.41) is 14.1. The first-order chi connectivity index (χ1) is 6.53. The molecule has 0 amide bonds. The van der Waals surface area contributed by atoms with Crippen molar-refractivity contribution in [2.24, 2.45) is 7.05 Å². The van der Waals surface area contributed by atoms with Crippen LogP contribution in [0.3, 0.4) is 0 Å². The van der Waals surface area contributed by atoms with Crippen molar-refractivity contribution in [1.82, 2.24) is 9.78 Å². The Labute approximate surface area is 83.2 Å². The summed E-state index contributed by atoms with van der Waals surface area (Å²) in [6, 6.07) is 0. The quantitative estimate of drug-likeness (QED) is 0.758. The molecule has 5 nitrogen and oxygen atoms in total. The van der Waals surface area contributed by atoms with Gasteiger partial charge in [-0.25, -0.2) is 0 Å². The number of rotatable bonds is 4. The van der Waals surface area contributed by atoms with Crippen molar-refractivity contribution in [3.63, 3.8) is 0 Å². The second-order valence-electron chi connectivity index (χ2n) is 3.39. The molecule has 0 bridgehead atoms. The van der Waals surface area contributed by atoms with Crippen LogP contribution in [0.25, 0.3) is 0 Å². The van der Waals surface area contributed by atoms with Crippen LogP contribution in [-0.4, -0.2) is 35.7 Å². The molecule has 1 unspecified atom stereocenters. The fourth-order valence-corrected chi connectivity index (χ4v) is 1.53. The van der Waals surface area contributed by atoms with Crippen molar-refractivity contribution in [3.05, 3.63) is 11.9 Å². The highest BCUT2D eigenvalue weighted by molar-refractivity contribution is 5.30. The number of methoxy groups -OCH3 is 2. The summed E-state index contributed by atoms with van der Waals surface area (Å²) in [5.41, 5.74) is -0.479. The summed E-state index contributed by atoms with van der Waals surface area (Å²) in [6.45, 7) is 1.86. The van der Waals surface area contributed by atoms with E-state index < -0.39 is 5.60 Å². The monoisotopic (exact) mass is 200 g/mol. The van der Waals surface area contributed by atoms with Crippen molar-refractivity contribution in [1.29, 1.82) is 0 Å². The van der Waals surface area contributed by atoms with Crippen LogP contribution in [0.2, 0.25) is 0 Å². The molecule has 1 heterocycles. The summed E-state index contributed by atoms with van der Waals surface area (Å²) in [4.78, 5) is 0. The van der Waals surface area contributed by atoms with Gasteiger partial charge >= 0.3 is 0 Å². The minimum absolute atomic E-state index is 0.197. The number of hydrogen-bond donors (Lipinski definition) is 1. The zero-order chi connectivity index (χ0) is 10.8. The molecule has 1 N–H and O–H groups in total. The zero-order valence-electron chi connectivity index (χ0n) is 8.94. The van der Waals surface area contributed by atoms with Gasteiger partial charge in [-0.3, -0.25) is 4.68 Å². The Morgan fingerprint density at radius 3 is 2.71 bits per heavy atom. The van der Waals surface area contributed by atoms with Crippen LogP contribution in [0.4, 0.5) is 0 Å². The maximum atomic E-state index is 10.1. The van der Waals surface area contributed by atoms with E-state index in [1.807, 2.05) is 0 Å². The molecule has 0 saturated heterocycles. The van der Waals surface area contributed by atoms with E-state index in [1.54, 1.807) is 32.0 Å². The first kappa shape index (κ1) is 11.0. The highest BCUT2D eigenvalue weighted by atomic mass is 16.5. The summed E-state index contributed by atoms with van der Waals surface area (Å²) in [5.74, 6) is 0.564. The third-order valence-corrected chi connectivity index (χ3v) is 2.06. The molecule has 14 heavy (non-hydrogen) atoms. The van der Waals surface area contributed by atoms with Crippen LogP contribution in [-0.2, 0) is 17.4 Å². The summed E-state index contributed by atoms with van der Waals surface area (Å²) in [6.07, 6.45) is 1.57. The van der Waals surface area contributed by atoms with E-state index in [9.17, 15) is 5.11 Å². The molecule has 0 aromatic carbocycles. The van der Waals surface area contributed by atoms with Gasteiger partial charge in [0.05, 0.1) is 19.9 Å². The van der Waals surface area contributed by atoms with E-state index in [4.69, 9.17) is 9.47 Å². The van der Waals surface area contributed by atoms with Crippen molar-refractivity contribution >= 4 is 0 Å². The Morgan fingerprint density at radius 1 is 1.57 bits per heavy atom. The second kappa shape index (κ2) is 3.98. The number of aliphatic hydroxyl groups is 1. The van der Waals surface area contributed by atoms with E-state index in [2.05, 4.69) is 5.10 Å². The molecule has 0 fully saturated rings. The fourth-order valence-electron chi connectivity index (χ4n) is 1.53. The van der Waals surface area contributed by atoms with Gasteiger partial charge in [-0.15, -0.1) is 0 Å². The normalized spacial score (nSPS) is 15.2. The summed E-state index contributed by atoms with van der Waals surface area (Å²) >= 11 is 0. The SMILES string of the molecule is COCC(C)(O)c1c(OC)cnn1C. The predicted molar refractivity (Wildman–Crippen MR) is 51.2 cm³/mol. The van der Waals surface area contributed by atoms with Gasteiger partial charge < -0.3 is 14.6 Å². The predicted octanol–water partition coefficient (Wildman–Crippen LogP) is 0.283. The van der Waals surface area contributed by atoms with E-state index in [-0.39, 0.29) is 6.61 Å². The van der Waals surface area contributed by atoms with E-state index in [0.29, 0.717) is 11.4 Å². The third-order valence-electron chi connectivity index (χ3n) is 2.06. The Bertz CT molecular complexity index is 307. The van der Waals surface area contributed by atoms with Gasteiger partial charge in [0.2, 0.25) is 0 Å². The number of nitrogens with zero attached hydrogens (tertiary/aromatic N) is 2. The Balaban J connectivity index is 3.08. The van der Waals surface area contributed by atoms with Crippen LogP contribution in [0, 0.1) is 0 Å². The van der Waals surface area contributed by atoms with Gasteiger partial charge in [-0.05, 0) is 6.92 Å². The molecule has 5 heteroatoms. The van der Waals surface area contributed by atoms with Gasteiger partial charge in [-0.1, -0.05) is 0 Å². The molecule has 80 valence electrons. The molecule has 0 aliphatic heterocycles. The number of ether oxygens (including phenoxy) is 2. The summed E-state index contributed by atoms with van der Waals surface area (Å²) in [7, 11) is 4.84. The lowest BCUT2D eigenvalue weighted by Crippen LogP contribution is -2.30. The zero-order valence-corrected chi connectivity index (χ0v) is 8.94. The fraction of sp³-hybridized carbons (Fsp3) is 0.667. The lowest BCUT2D eigenvalue weighted by Gasteiger charge is -2.23. The number of aromatic nitrogens is 2. The average molecular weight is 200 g/mol. The first-order valence-corrected chi connectivity index (χ1v) is 4.30. The van der Waals surface area contributed by atoms with Gasteiger partial charge in [0.1, 0.15) is 11.3 Å². The molecule has 1 atom stereocenters. The van der Waals surface area contributed by atoms with Gasteiger partial charge in [0.15, 0.2) is 5.75 Å². The van der Waals surface area contributed by atoms with Crippen molar-refractivity contribution in [3.8, 4) is 5.75 Å². The molecule has 0 aliphatic carbocycles. The molecule has 0 radical (unpaired) electrons. The molecule has 0 spiro atoms. The Kier molecular flexibility index (Phi) is 3.13. The lowest BCUT2D eigenvalue weighted by atomic mass is 10.0. The number of hydrogen-bond acceptors (Lipinski definition) is 4. The molecule has 0 aliphatic rings. The minimum Gasteiger partial charge on any atom is -0.493 e. The number of aryl methyl sites for hydroxylation is 1. The first-order valence-electron chi connectivity index (χ1n) is 4.30. The van der Waals surface area contributed by atoms with E-state index >= 15 is 0 Å². The summed E-state index contributed by atoms with van der Waals surface area (Å²) < 4.78 is 11.6. The van der Waals surface area contributed by atoms with E-state index in [1.165, 1.54) is 7.11 Å². The lowest BCUT2D eigenvalue weighted by molar-refractivity contribution is -0.0279. The maximum absolute atomic E-state index is 10.1. The molecular weight excluding hydrogens is 184 g/mol. The van der Waals surface area contributed by atoms with Crippen LogP contribution in [0.15, 0.2) is 6.20 Å².